The molecule has 0 aliphatic heterocycles. The van der Waals surface area contributed by atoms with E-state index < -0.39 is 31.3 Å². The summed E-state index contributed by atoms with van der Waals surface area (Å²) in [6, 6.07) is 0. The molecule has 0 heterocycles. The van der Waals surface area contributed by atoms with Crippen LogP contribution in [0.3, 0.4) is 0 Å². The molecule has 0 fully saturated rings. The van der Waals surface area contributed by atoms with Gasteiger partial charge in [0.05, 0.1) is 0 Å². The van der Waals surface area contributed by atoms with Crippen molar-refractivity contribution in [2.45, 2.75) is 0 Å². The van der Waals surface area contributed by atoms with Crippen molar-refractivity contribution in [3.8, 4) is 0 Å². The minimum atomic E-state index is -4.64. The summed E-state index contributed by atoms with van der Waals surface area (Å²) in [6.45, 7) is 0. The van der Waals surface area contributed by atoms with Gasteiger partial charge in [-0.05, 0) is 0 Å². The molecule has 0 rings (SSSR count). The summed E-state index contributed by atoms with van der Waals surface area (Å²) in [4.78, 5) is 86.2. The SMILES string of the molecule is O=P(O)(O)O.O=P(O)(O)O.O=P(O)(O)O.O=P(O)(O)O.[Ca+2].[Ca+2].[Ca+2].[H-].[H-].[H-].[H-].[H-].[H-].[Tl].[Zn].[Zn].[Zn]. The largest absolute Gasteiger partial charge is 2.00 e. The van der Waals surface area contributed by atoms with Gasteiger partial charge in [0.2, 0.25) is 0 Å². The smallest absolute Gasteiger partial charge is 1.00 e. The maximum Gasteiger partial charge on any atom is 2.00 e. The molecule has 0 bridgehead atoms. The molecule has 149 valence electrons. The molecule has 0 aromatic rings. The van der Waals surface area contributed by atoms with E-state index in [0.29, 0.717) is 0 Å². The summed E-state index contributed by atoms with van der Waals surface area (Å²) in [7, 11) is -18.6. The molecule has 0 aliphatic carbocycles. The van der Waals surface area contributed by atoms with Crippen molar-refractivity contribution in [3.05, 3.63) is 0 Å². The first-order valence-electron chi connectivity index (χ1n) is 3.13. The summed E-state index contributed by atoms with van der Waals surface area (Å²) in [5.41, 5.74) is 0. The van der Waals surface area contributed by atoms with Crippen molar-refractivity contribution in [1.82, 2.24) is 0 Å². The molecule has 0 spiro atoms. The zero-order valence-corrected chi connectivity index (χ0v) is 37.2. The van der Waals surface area contributed by atoms with Crippen molar-refractivity contribution in [2.75, 3.05) is 0 Å². The molecule has 0 saturated heterocycles. The molecule has 1 radical (unpaired) electrons. The number of hydrogen-bond acceptors (Lipinski definition) is 4. The Morgan fingerprint density at radius 3 is 0.370 bits per heavy atom. The van der Waals surface area contributed by atoms with Gasteiger partial charge in [-0.15, -0.1) is 0 Å². The molecule has 27 heteroatoms. The third kappa shape index (κ3) is 646. The average Bonchev–Trinajstić information content (AvgIpc) is 1.62. The predicted octanol–water partition coefficient (Wildman–Crippen LogP) is -4.57. The van der Waals surface area contributed by atoms with E-state index in [1.54, 1.807) is 0 Å². The van der Waals surface area contributed by atoms with Crippen LogP contribution in [-0.4, -0.2) is 199 Å². The third-order valence-electron chi connectivity index (χ3n) is 0. The van der Waals surface area contributed by atoms with Gasteiger partial charge in [0.25, 0.3) is 0 Å². The molecule has 0 saturated carbocycles. The first kappa shape index (κ1) is 70.0. The van der Waals surface area contributed by atoms with Crippen LogP contribution in [-0.2, 0) is 76.7 Å². The molecule has 0 atom stereocenters. The van der Waals surface area contributed by atoms with Crippen LogP contribution in [0, 0.1) is 0 Å². The molecule has 16 nitrogen and oxygen atoms in total. The van der Waals surface area contributed by atoms with Crippen molar-refractivity contribution < 1.29 is 144 Å². The number of rotatable bonds is 0. The molecule has 27 heavy (non-hydrogen) atoms. The van der Waals surface area contributed by atoms with E-state index in [4.69, 9.17) is 77.0 Å². The summed E-state index contributed by atoms with van der Waals surface area (Å²) in [6.07, 6.45) is 0. The van der Waals surface area contributed by atoms with Crippen LogP contribution < -0.4 is 0 Å². The van der Waals surface area contributed by atoms with E-state index in [-0.39, 0.29) is 208 Å². The monoisotopic (exact) mass is 915 g/mol. The molecule has 0 aromatic carbocycles. The van der Waals surface area contributed by atoms with Crippen LogP contribution in [0.15, 0.2) is 0 Å². The second kappa shape index (κ2) is 35.2. The van der Waals surface area contributed by atoms with Gasteiger partial charge in [-0.2, -0.15) is 0 Å². The van der Waals surface area contributed by atoms with Crippen molar-refractivity contribution in [2.24, 2.45) is 0 Å². The Bertz CT molecular complexity index is 334. The van der Waals surface area contributed by atoms with Crippen LogP contribution in [0.1, 0.15) is 8.56 Å². The molecule has 12 N–H and O–H groups in total. The molecule has 0 aromatic heterocycles. The Morgan fingerprint density at radius 1 is 0.370 bits per heavy atom. The quantitative estimate of drug-likeness (QED) is 0.0805. The first-order valence-corrected chi connectivity index (χ1v) is 9.39. The Morgan fingerprint density at radius 2 is 0.370 bits per heavy atom. The van der Waals surface area contributed by atoms with Gasteiger partial charge in [-0.25, -0.2) is 18.3 Å². The fraction of sp³-hybridized carbons (Fsp3) is 0. The van der Waals surface area contributed by atoms with Gasteiger partial charge in [-0.1, -0.05) is 0 Å². The molecule has 0 unspecified atom stereocenters. The fourth-order valence-corrected chi connectivity index (χ4v) is 0. The van der Waals surface area contributed by atoms with Crippen LogP contribution in [0.4, 0.5) is 0 Å². The summed E-state index contributed by atoms with van der Waals surface area (Å²) in [5, 5.41) is 0. The third-order valence-corrected chi connectivity index (χ3v) is 0. The van der Waals surface area contributed by atoms with Gasteiger partial charge >= 0.3 is 145 Å². The van der Waals surface area contributed by atoms with Crippen molar-refractivity contribution in [3.63, 3.8) is 0 Å². The Kier molecular flexibility index (Phi) is 91.2. The van der Waals surface area contributed by atoms with E-state index >= 15 is 0 Å². The van der Waals surface area contributed by atoms with E-state index in [0.717, 1.165) is 0 Å². The van der Waals surface area contributed by atoms with E-state index in [1.807, 2.05) is 0 Å². The Balaban J connectivity index is -0.00000000610. The maximum atomic E-state index is 8.88. The number of hydrogen-bond donors (Lipinski definition) is 12. The van der Waals surface area contributed by atoms with Crippen LogP contribution >= 0.6 is 31.3 Å². The first-order chi connectivity index (χ1) is 8.00. The summed E-state index contributed by atoms with van der Waals surface area (Å²) < 4.78 is 35.5. The van der Waals surface area contributed by atoms with Crippen molar-refractivity contribution in [1.29, 1.82) is 0 Å². The zero-order valence-electron chi connectivity index (χ0n) is 19.6. The molecular weight excluding hydrogens is 901 g/mol. The molecular formula is H18Ca3O16P4TlZn3. The predicted molar refractivity (Wildman–Crippen MR) is 86.7 cm³/mol. The molecule has 0 amide bonds. The van der Waals surface area contributed by atoms with Gasteiger partial charge in [-0.3, -0.25) is 0 Å². The van der Waals surface area contributed by atoms with Gasteiger partial charge < -0.3 is 67.3 Å². The van der Waals surface area contributed by atoms with E-state index in [1.165, 1.54) is 0 Å². The second-order valence-corrected chi connectivity index (χ2v) is 6.16. The summed E-state index contributed by atoms with van der Waals surface area (Å²) >= 11 is 0. The fourth-order valence-electron chi connectivity index (χ4n) is 0. The molecule has 0 aliphatic rings. The Labute approximate surface area is 309 Å². The summed E-state index contributed by atoms with van der Waals surface area (Å²) in [5.74, 6) is 0. The minimum absolute atomic E-state index is 0. The van der Waals surface area contributed by atoms with Gasteiger partial charge in [0, 0.05) is 85.7 Å². The average molecular weight is 919 g/mol. The topological polar surface area (TPSA) is 311 Å². The maximum absolute atomic E-state index is 8.88. The van der Waals surface area contributed by atoms with E-state index in [9.17, 15) is 0 Å². The van der Waals surface area contributed by atoms with Crippen molar-refractivity contribution >= 4 is 172 Å². The van der Waals surface area contributed by atoms with Gasteiger partial charge in [0.1, 0.15) is 0 Å². The van der Waals surface area contributed by atoms with E-state index in [2.05, 4.69) is 0 Å². The van der Waals surface area contributed by atoms with Crippen LogP contribution in [0.25, 0.3) is 0 Å². The second-order valence-electron chi connectivity index (χ2n) is 2.05. The normalized spacial score (nSPS) is 8.74. The number of phosphoric acid groups is 4. The Hall–Kier alpha value is 7.01. The van der Waals surface area contributed by atoms with Crippen LogP contribution in [0.2, 0.25) is 0 Å². The van der Waals surface area contributed by atoms with Crippen LogP contribution in [0.5, 0.6) is 0 Å². The minimum Gasteiger partial charge on any atom is -1.00 e. The zero-order chi connectivity index (χ0) is 18.0. The van der Waals surface area contributed by atoms with Gasteiger partial charge in [0.15, 0.2) is 0 Å². The standard InChI is InChI=1S/3Ca.4H3O4P.Tl.3Zn.6H/c;;;4*1-5(2,3)4;;;;;;;;;;/h;;;4*(H3,1,2,3,4);;;;;;;;;;/q3*+2;;;;;;;;;6*-1.